The first kappa shape index (κ1) is 18.9. The zero-order valence-electron chi connectivity index (χ0n) is 16.5. The minimum atomic E-state index is -0.0736. The molecule has 0 spiro atoms. The van der Waals surface area contributed by atoms with Gasteiger partial charge in [-0.2, -0.15) is 0 Å². The second-order valence-corrected chi connectivity index (χ2v) is 8.96. The van der Waals surface area contributed by atoms with Crippen molar-refractivity contribution in [2.24, 2.45) is 0 Å². The van der Waals surface area contributed by atoms with Gasteiger partial charge in [0.25, 0.3) is 5.91 Å². The highest BCUT2D eigenvalue weighted by atomic mass is 32.1. The lowest BCUT2D eigenvalue weighted by Gasteiger charge is -2.16. The number of nitrogens with one attached hydrogen (secondary N) is 1. The Morgan fingerprint density at radius 2 is 1.82 bits per heavy atom. The van der Waals surface area contributed by atoms with E-state index in [2.05, 4.69) is 60.5 Å². The average molecular weight is 391 g/mol. The fourth-order valence-corrected chi connectivity index (χ4v) is 4.55. The number of hydrogen-bond acceptors (Lipinski definition) is 3. The van der Waals surface area contributed by atoms with E-state index in [-0.39, 0.29) is 5.91 Å². The van der Waals surface area contributed by atoms with Crippen molar-refractivity contribution in [2.75, 3.05) is 5.32 Å². The van der Waals surface area contributed by atoms with Gasteiger partial charge < -0.3 is 0 Å². The highest BCUT2D eigenvalue weighted by Crippen LogP contribution is 2.25. The Balaban J connectivity index is 1.41. The van der Waals surface area contributed by atoms with Crippen LogP contribution >= 0.6 is 11.3 Å². The molecule has 3 aromatic rings. The van der Waals surface area contributed by atoms with Crippen molar-refractivity contribution in [3.8, 4) is 0 Å². The van der Waals surface area contributed by atoms with Gasteiger partial charge in [-0.15, -0.1) is 11.3 Å². The first-order chi connectivity index (χ1) is 13.6. The second-order valence-electron chi connectivity index (χ2n) is 7.85. The smallest absolute Gasteiger partial charge is 0.257 e. The lowest BCUT2D eigenvalue weighted by Crippen LogP contribution is -2.13. The SMILES string of the molecule is CC(C)c1ccc(Cc2cnc(NC(=O)c3ccc4c(c3)CCCC4)s2)cc1. The third kappa shape index (κ3) is 4.33. The topological polar surface area (TPSA) is 42.0 Å². The molecule has 0 radical (unpaired) electrons. The van der Waals surface area contributed by atoms with Crippen molar-refractivity contribution in [3.63, 3.8) is 0 Å². The highest BCUT2D eigenvalue weighted by molar-refractivity contribution is 7.15. The molecule has 1 N–H and O–H groups in total. The molecule has 0 fully saturated rings. The van der Waals surface area contributed by atoms with Gasteiger partial charge in [0.1, 0.15) is 0 Å². The minimum absolute atomic E-state index is 0.0736. The normalized spacial score (nSPS) is 13.4. The predicted molar refractivity (Wildman–Crippen MR) is 116 cm³/mol. The van der Waals surface area contributed by atoms with E-state index in [1.54, 1.807) is 11.3 Å². The Hall–Kier alpha value is -2.46. The summed E-state index contributed by atoms with van der Waals surface area (Å²) in [6, 6.07) is 14.8. The summed E-state index contributed by atoms with van der Waals surface area (Å²) in [5.41, 5.74) is 6.06. The van der Waals surface area contributed by atoms with Gasteiger partial charge in [0.2, 0.25) is 0 Å². The van der Waals surface area contributed by atoms with Gasteiger partial charge in [-0.05, 0) is 66.0 Å². The molecule has 1 heterocycles. The molecule has 0 bridgehead atoms. The zero-order valence-corrected chi connectivity index (χ0v) is 17.3. The summed E-state index contributed by atoms with van der Waals surface area (Å²) in [5.74, 6) is 0.471. The molecule has 1 aliphatic carbocycles. The van der Waals surface area contributed by atoms with E-state index in [9.17, 15) is 4.79 Å². The van der Waals surface area contributed by atoms with Crippen molar-refractivity contribution in [1.29, 1.82) is 0 Å². The lowest BCUT2D eigenvalue weighted by molar-refractivity contribution is 0.102. The Kier molecular flexibility index (Phi) is 5.58. The Morgan fingerprint density at radius 1 is 1.07 bits per heavy atom. The van der Waals surface area contributed by atoms with Gasteiger partial charge in [0.15, 0.2) is 5.13 Å². The predicted octanol–water partition coefficient (Wildman–Crippen LogP) is 5.99. The molecule has 0 unspecified atom stereocenters. The first-order valence-corrected chi connectivity index (χ1v) is 10.9. The average Bonchev–Trinajstić information content (AvgIpc) is 3.14. The molecule has 0 saturated carbocycles. The summed E-state index contributed by atoms with van der Waals surface area (Å²) < 4.78 is 0. The Morgan fingerprint density at radius 3 is 2.57 bits per heavy atom. The number of carbonyl (C=O) groups is 1. The largest absolute Gasteiger partial charge is 0.298 e. The molecule has 2 aromatic carbocycles. The van der Waals surface area contributed by atoms with Crippen LogP contribution in [-0.2, 0) is 19.3 Å². The number of hydrogen-bond donors (Lipinski definition) is 1. The van der Waals surface area contributed by atoms with E-state index in [0.717, 1.165) is 29.7 Å². The molecular formula is C24H26N2OS. The van der Waals surface area contributed by atoms with Crippen molar-refractivity contribution in [3.05, 3.63) is 81.4 Å². The molecule has 1 aliphatic rings. The maximum absolute atomic E-state index is 12.6. The number of aryl methyl sites for hydroxylation is 2. The fourth-order valence-electron chi connectivity index (χ4n) is 3.71. The van der Waals surface area contributed by atoms with Crippen LogP contribution < -0.4 is 5.32 Å². The Labute approximate surface area is 170 Å². The number of anilines is 1. The number of amides is 1. The summed E-state index contributed by atoms with van der Waals surface area (Å²) in [7, 11) is 0. The summed E-state index contributed by atoms with van der Waals surface area (Å²) in [6.45, 7) is 4.41. The van der Waals surface area contributed by atoms with E-state index < -0.39 is 0 Å². The molecular weight excluding hydrogens is 364 g/mol. The highest BCUT2D eigenvalue weighted by Gasteiger charge is 2.14. The molecule has 1 aromatic heterocycles. The molecule has 144 valence electrons. The molecule has 4 rings (SSSR count). The molecule has 3 nitrogen and oxygen atoms in total. The van der Waals surface area contributed by atoms with Crippen LogP contribution in [0.25, 0.3) is 0 Å². The second kappa shape index (κ2) is 8.27. The van der Waals surface area contributed by atoms with Crippen LogP contribution in [0.4, 0.5) is 5.13 Å². The molecule has 0 aliphatic heterocycles. The van der Waals surface area contributed by atoms with E-state index in [1.807, 2.05) is 12.3 Å². The van der Waals surface area contributed by atoms with Crippen LogP contribution in [0.15, 0.2) is 48.7 Å². The van der Waals surface area contributed by atoms with Crippen LogP contribution in [0.2, 0.25) is 0 Å². The van der Waals surface area contributed by atoms with Gasteiger partial charge in [0, 0.05) is 23.1 Å². The maximum atomic E-state index is 12.6. The Bertz CT molecular complexity index is 973. The number of nitrogens with zero attached hydrogens (tertiary/aromatic N) is 1. The number of fused-ring (bicyclic) bond motifs is 1. The van der Waals surface area contributed by atoms with Gasteiger partial charge in [0.05, 0.1) is 0 Å². The number of rotatable bonds is 5. The summed E-state index contributed by atoms with van der Waals surface area (Å²) in [5, 5.41) is 3.63. The standard InChI is InChI=1S/C24H26N2OS/c1-16(2)18-9-7-17(8-10-18)13-22-15-25-24(28-22)26-23(27)21-12-11-19-5-3-4-6-20(19)14-21/h7-12,14-16H,3-6,13H2,1-2H3,(H,25,26,27). The minimum Gasteiger partial charge on any atom is -0.298 e. The lowest BCUT2D eigenvalue weighted by atomic mass is 9.90. The fraction of sp³-hybridized carbons (Fsp3) is 0.333. The van der Waals surface area contributed by atoms with Crippen LogP contribution in [0.3, 0.4) is 0 Å². The van der Waals surface area contributed by atoms with Gasteiger partial charge in [-0.1, -0.05) is 44.2 Å². The van der Waals surface area contributed by atoms with Crippen molar-refractivity contribution >= 4 is 22.4 Å². The summed E-state index contributed by atoms with van der Waals surface area (Å²) in [4.78, 5) is 18.2. The molecule has 0 atom stereocenters. The third-order valence-corrected chi connectivity index (χ3v) is 6.32. The van der Waals surface area contributed by atoms with Gasteiger partial charge in [-0.25, -0.2) is 4.98 Å². The van der Waals surface area contributed by atoms with Crippen LogP contribution in [-0.4, -0.2) is 10.9 Å². The van der Waals surface area contributed by atoms with Crippen LogP contribution in [0.1, 0.15) is 70.1 Å². The monoisotopic (exact) mass is 390 g/mol. The molecule has 1 amide bonds. The number of aromatic nitrogens is 1. The third-order valence-electron chi connectivity index (χ3n) is 5.41. The summed E-state index contributed by atoms with van der Waals surface area (Å²) >= 11 is 1.55. The number of carbonyl (C=O) groups excluding carboxylic acids is 1. The van der Waals surface area contributed by atoms with Crippen LogP contribution in [0, 0.1) is 0 Å². The quantitative estimate of drug-likeness (QED) is 0.581. The van der Waals surface area contributed by atoms with Crippen molar-refractivity contribution in [1.82, 2.24) is 4.98 Å². The molecule has 0 saturated heterocycles. The first-order valence-electron chi connectivity index (χ1n) is 10.0. The van der Waals surface area contributed by atoms with E-state index in [1.165, 1.54) is 35.1 Å². The van der Waals surface area contributed by atoms with Crippen molar-refractivity contribution < 1.29 is 4.79 Å². The molecule has 4 heteroatoms. The summed E-state index contributed by atoms with van der Waals surface area (Å²) in [6.07, 6.45) is 7.37. The van der Waals surface area contributed by atoms with E-state index in [0.29, 0.717) is 11.0 Å². The maximum Gasteiger partial charge on any atom is 0.257 e. The van der Waals surface area contributed by atoms with Gasteiger partial charge >= 0.3 is 0 Å². The molecule has 28 heavy (non-hydrogen) atoms. The number of benzene rings is 2. The number of thiazole rings is 1. The van der Waals surface area contributed by atoms with Gasteiger partial charge in [-0.3, -0.25) is 10.1 Å². The van der Waals surface area contributed by atoms with Crippen molar-refractivity contribution in [2.45, 2.75) is 51.9 Å². The van der Waals surface area contributed by atoms with E-state index in [4.69, 9.17) is 0 Å². The van der Waals surface area contributed by atoms with E-state index >= 15 is 0 Å². The zero-order chi connectivity index (χ0) is 19.5. The van der Waals surface area contributed by atoms with Crippen LogP contribution in [0.5, 0.6) is 0 Å².